The van der Waals surface area contributed by atoms with Crippen LogP contribution in [0.4, 0.5) is 4.39 Å². The first-order chi connectivity index (χ1) is 16.4. The van der Waals surface area contributed by atoms with Crippen LogP contribution in [0.1, 0.15) is 56.0 Å². The molecule has 5 nitrogen and oxygen atoms in total. The number of thiazole rings is 1. The maximum atomic E-state index is 15.1. The van der Waals surface area contributed by atoms with Gasteiger partial charge in [-0.2, -0.15) is 0 Å². The predicted molar refractivity (Wildman–Crippen MR) is 133 cm³/mol. The van der Waals surface area contributed by atoms with Crippen molar-refractivity contribution in [3.63, 3.8) is 0 Å². The Hall–Kier alpha value is -3.16. The second kappa shape index (κ2) is 8.89. The Morgan fingerprint density at radius 2 is 1.88 bits per heavy atom. The molecule has 2 N–H and O–H groups in total. The van der Waals surface area contributed by atoms with Crippen LogP contribution in [-0.4, -0.2) is 27.1 Å². The molecule has 7 heteroatoms. The van der Waals surface area contributed by atoms with Crippen LogP contribution in [0, 0.1) is 5.82 Å². The van der Waals surface area contributed by atoms with E-state index in [1.807, 2.05) is 25.1 Å². The van der Waals surface area contributed by atoms with E-state index in [4.69, 9.17) is 10.1 Å². The number of nitrogens with one attached hydrogen (secondary N) is 1. The third-order valence-electron chi connectivity index (χ3n) is 6.56. The molecule has 1 fully saturated rings. The Bertz CT molecular complexity index is 1350. The van der Waals surface area contributed by atoms with Crippen molar-refractivity contribution in [2.45, 2.75) is 50.6 Å². The van der Waals surface area contributed by atoms with Crippen LogP contribution in [0.25, 0.3) is 20.9 Å². The van der Waals surface area contributed by atoms with E-state index in [2.05, 4.69) is 40.6 Å². The van der Waals surface area contributed by atoms with Crippen LogP contribution >= 0.6 is 11.3 Å². The van der Waals surface area contributed by atoms with E-state index in [1.165, 1.54) is 23.0 Å². The summed E-state index contributed by atoms with van der Waals surface area (Å²) >= 11 is 1.41. The summed E-state index contributed by atoms with van der Waals surface area (Å²) < 4.78 is 15.1. The number of rotatable bonds is 8. The SMILES string of the molecule is CC(CC(=O)O)N[C@H](C)c1ccc(-c2nc3ccc(C4(c5ccccc5)CC4)nc3s2)c(F)c1. The Morgan fingerprint density at radius 1 is 1.12 bits per heavy atom. The van der Waals surface area contributed by atoms with E-state index in [1.54, 1.807) is 13.0 Å². The van der Waals surface area contributed by atoms with Gasteiger partial charge >= 0.3 is 5.97 Å². The largest absolute Gasteiger partial charge is 0.481 e. The summed E-state index contributed by atoms with van der Waals surface area (Å²) in [5.41, 5.74) is 4.30. The first kappa shape index (κ1) is 22.6. The molecule has 2 atom stereocenters. The molecule has 1 aliphatic rings. The van der Waals surface area contributed by atoms with E-state index < -0.39 is 5.97 Å². The average Bonchev–Trinajstić information content (AvgIpc) is 3.52. The number of carboxylic acid groups (broad SMARTS) is 1. The lowest BCUT2D eigenvalue weighted by Crippen LogP contribution is -2.31. The zero-order valence-corrected chi connectivity index (χ0v) is 19.9. The van der Waals surface area contributed by atoms with E-state index in [-0.39, 0.29) is 29.7 Å². The lowest BCUT2D eigenvalue weighted by Gasteiger charge is -2.19. The third-order valence-corrected chi connectivity index (χ3v) is 7.56. The number of hydrogen-bond acceptors (Lipinski definition) is 5. The highest BCUT2D eigenvalue weighted by molar-refractivity contribution is 7.21. The lowest BCUT2D eigenvalue weighted by atomic mass is 9.92. The summed E-state index contributed by atoms with van der Waals surface area (Å²) in [5, 5.41) is 12.8. The number of carboxylic acids is 1. The van der Waals surface area contributed by atoms with Crippen LogP contribution in [0.3, 0.4) is 0 Å². The summed E-state index contributed by atoms with van der Waals surface area (Å²) in [6.07, 6.45) is 2.17. The van der Waals surface area contributed by atoms with E-state index in [0.717, 1.165) is 34.4 Å². The molecule has 0 aliphatic heterocycles. The predicted octanol–water partition coefficient (Wildman–Crippen LogP) is 6.09. The van der Waals surface area contributed by atoms with Gasteiger partial charge in [-0.05, 0) is 62.1 Å². The second-order valence-corrected chi connectivity index (χ2v) is 10.1. The number of carbonyl (C=O) groups is 1. The van der Waals surface area contributed by atoms with Crippen molar-refractivity contribution in [1.82, 2.24) is 15.3 Å². The Kier molecular flexibility index (Phi) is 5.91. The van der Waals surface area contributed by atoms with Gasteiger partial charge in [0.1, 0.15) is 21.2 Å². The zero-order chi connectivity index (χ0) is 23.9. The molecule has 4 aromatic rings. The second-order valence-electron chi connectivity index (χ2n) is 9.11. The molecule has 1 saturated carbocycles. The van der Waals surface area contributed by atoms with E-state index in [0.29, 0.717) is 10.6 Å². The molecule has 174 valence electrons. The van der Waals surface area contributed by atoms with Gasteiger partial charge in [0.25, 0.3) is 0 Å². The van der Waals surface area contributed by atoms with Crippen molar-refractivity contribution in [1.29, 1.82) is 0 Å². The minimum absolute atomic E-state index is 0.0111. The summed E-state index contributed by atoms with van der Waals surface area (Å²) in [5.74, 6) is -1.21. The summed E-state index contributed by atoms with van der Waals surface area (Å²) in [6.45, 7) is 3.71. The minimum atomic E-state index is -0.863. The molecule has 2 aromatic carbocycles. The molecular formula is C27H26FN3O2S. The van der Waals surface area contributed by atoms with Gasteiger partial charge in [-0.1, -0.05) is 47.7 Å². The van der Waals surface area contributed by atoms with Gasteiger partial charge in [-0.15, -0.1) is 0 Å². The zero-order valence-electron chi connectivity index (χ0n) is 19.1. The Labute approximate surface area is 201 Å². The third kappa shape index (κ3) is 4.33. The molecular weight excluding hydrogens is 449 g/mol. The number of hydrogen-bond donors (Lipinski definition) is 2. The molecule has 34 heavy (non-hydrogen) atoms. The number of fused-ring (bicyclic) bond motifs is 1. The topological polar surface area (TPSA) is 75.1 Å². The van der Waals surface area contributed by atoms with Gasteiger partial charge in [0.05, 0.1) is 12.1 Å². The molecule has 1 aliphatic carbocycles. The van der Waals surface area contributed by atoms with Crippen LogP contribution in [0.5, 0.6) is 0 Å². The van der Waals surface area contributed by atoms with Crippen molar-refractivity contribution in [2.75, 3.05) is 0 Å². The van der Waals surface area contributed by atoms with Crippen LogP contribution < -0.4 is 5.32 Å². The molecule has 0 radical (unpaired) electrons. The fourth-order valence-corrected chi connectivity index (χ4v) is 5.56. The molecule has 0 spiro atoms. The number of aromatic nitrogens is 2. The molecule has 0 saturated heterocycles. The maximum absolute atomic E-state index is 15.1. The number of pyridine rings is 1. The number of halogens is 1. The van der Waals surface area contributed by atoms with Gasteiger partial charge < -0.3 is 10.4 Å². The van der Waals surface area contributed by atoms with Crippen LogP contribution in [-0.2, 0) is 10.2 Å². The van der Waals surface area contributed by atoms with E-state index >= 15 is 4.39 Å². The molecule has 0 amide bonds. The van der Waals surface area contributed by atoms with Gasteiger partial charge in [0.2, 0.25) is 0 Å². The van der Waals surface area contributed by atoms with Gasteiger partial charge in [0.15, 0.2) is 0 Å². The summed E-state index contributed by atoms with van der Waals surface area (Å²) in [4.78, 5) is 21.3. The highest BCUT2D eigenvalue weighted by Crippen LogP contribution is 2.53. The maximum Gasteiger partial charge on any atom is 0.304 e. The van der Waals surface area contributed by atoms with E-state index in [9.17, 15) is 4.79 Å². The summed E-state index contributed by atoms with van der Waals surface area (Å²) in [6, 6.07) is 19.2. The molecule has 5 rings (SSSR count). The molecule has 2 aromatic heterocycles. The quantitative estimate of drug-likeness (QED) is 0.322. The van der Waals surface area contributed by atoms with Crippen molar-refractivity contribution in [3.8, 4) is 10.6 Å². The van der Waals surface area contributed by atoms with Crippen LogP contribution in [0.15, 0.2) is 60.7 Å². The first-order valence-corrected chi connectivity index (χ1v) is 12.3. The fourth-order valence-electron chi connectivity index (χ4n) is 4.59. The smallest absolute Gasteiger partial charge is 0.304 e. The first-order valence-electron chi connectivity index (χ1n) is 11.5. The normalized spacial score (nSPS) is 16.3. The van der Waals surface area contributed by atoms with Crippen molar-refractivity contribution in [2.24, 2.45) is 0 Å². The molecule has 1 unspecified atom stereocenters. The van der Waals surface area contributed by atoms with Crippen LogP contribution in [0.2, 0.25) is 0 Å². The van der Waals surface area contributed by atoms with Gasteiger partial charge in [0, 0.05) is 23.1 Å². The molecule has 0 bridgehead atoms. The van der Waals surface area contributed by atoms with Gasteiger partial charge in [-0.3, -0.25) is 4.79 Å². The highest BCUT2D eigenvalue weighted by atomic mass is 32.1. The number of nitrogens with zero attached hydrogens (tertiary/aromatic N) is 2. The van der Waals surface area contributed by atoms with Crippen molar-refractivity contribution >= 4 is 27.7 Å². The monoisotopic (exact) mass is 475 g/mol. The average molecular weight is 476 g/mol. The fraction of sp³-hybridized carbons (Fsp3) is 0.296. The number of aliphatic carboxylic acids is 1. The van der Waals surface area contributed by atoms with Crippen molar-refractivity contribution in [3.05, 3.63) is 83.3 Å². The Morgan fingerprint density at radius 3 is 2.56 bits per heavy atom. The molecule has 2 heterocycles. The standard InChI is InChI=1S/C27H26FN3O2S/c1-16(14-24(32)33)29-17(2)18-8-9-20(21(28)15-18)25-30-22-10-11-23(31-26(22)34-25)27(12-13-27)19-6-4-3-5-7-19/h3-11,15-17,29H,12-14H2,1-2H3,(H,32,33)/t16?,17-/m1/s1. The number of benzene rings is 2. The Balaban J connectivity index is 1.40. The summed E-state index contributed by atoms with van der Waals surface area (Å²) in [7, 11) is 0. The highest BCUT2D eigenvalue weighted by Gasteiger charge is 2.47. The van der Waals surface area contributed by atoms with Gasteiger partial charge in [-0.25, -0.2) is 14.4 Å². The minimum Gasteiger partial charge on any atom is -0.481 e. The van der Waals surface area contributed by atoms with Crippen molar-refractivity contribution < 1.29 is 14.3 Å². The lowest BCUT2D eigenvalue weighted by molar-refractivity contribution is -0.137.